The Morgan fingerprint density at radius 3 is 2.50 bits per heavy atom. The zero-order chi connectivity index (χ0) is 13.2. The van der Waals surface area contributed by atoms with Gasteiger partial charge in [0.15, 0.2) is 0 Å². The lowest BCUT2D eigenvalue weighted by atomic mass is 9.84. The quantitative estimate of drug-likeness (QED) is 0.890. The third kappa shape index (κ3) is 2.40. The van der Waals surface area contributed by atoms with Crippen LogP contribution in [-0.2, 0) is 16.8 Å². The highest BCUT2D eigenvalue weighted by Crippen LogP contribution is 2.23. The van der Waals surface area contributed by atoms with Gasteiger partial charge in [0.2, 0.25) is 0 Å². The molecule has 0 atom stereocenters. The number of hydrogen-bond acceptors (Lipinski definition) is 3. The second-order valence-corrected chi connectivity index (χ2v) is 4.73. The van der Waals surface area contributed by atoms with Gasteiger partial charge in [0, 0.05) is 6.20 Å². The van der Waals surface area contributed by atoms with E-state index in [1.807, 2.05) is 24.3 Å². The molecule has 0 aliphatic rings. The zero-order valence-corrected chi connectivity index (χ0v) is 10.4. The number of benzene rings is 1. The number of aromatic nitrogens is 3. The summed E-state index contributed by atoms with van der Waals surface area (Å²) in [5.74, 6) is -0.827. The molecule has 0 amide bonds. The number of rotatable bonds is 4. The Morgan fingerprint density at radius 2 is 2.00 bits per heavy atom. The van der Waals surface area contributed by atoms with Crippen LogP contribution >= 0.6 is 0 Å². The van der Waals surface area contributed by atoms with E-state index in [0.717, 1.165) is 11.1 Å². The van der Waals surface area contributed by atoms with Crippen molar-refractivity contribution in [3.05, 3.63) is 47.8 Å². The summed E-state index contributed by atoms with van der Waals surface area (Å²) < 4.78 is 1.72. The van der Waals surface area contributed by atoms with E-state index >= 15 is 0 Å². The fourth-order valence-corrected chi connectivity index (χ4v) is 1.65. The Morgan fingerprint density at radius 1 is 1.33 bits per heavy atom. The van der Waals surface area contributed by atoms with E-state index in [1.54, 1.807) is 30.9 Å². The predicted molar refractivity (Wildman–Crippen MR) is 66.2 cm³/mol. The van der Waals surface area contributed by atoms with E-state index in [1.165, 1.54) is 0 Å². The van der Waals surface area contributed by atoms with Crippen molar-refractivity contribution in [2.45, 2.75) is 25.8 Å². The molecule has 0 bridgehead atoms. The van der Waals surface area contributed by atoms with Crippen LogP contribution in [0.2, 0.25) is 0 Å². The first-order valence-electron chi connectivity index (χ1n) is 5.67. The summed E-state index contributed by atoms with van der Waals surface area (Å²) in [6.07, 6.45) is 3.41. The fourth-order valence-electron chi connectivity index (χ4n) is 1.65. The molecule has 0 fully saturated rings. The largest absolute Gasteiger partial charge is 0.481 e. The molecule has 1 heterocycles. The molecule has 1 N–H and O–H groups in total. The summed E-state index contributed by atoms with van der Waals surface area (Å²) in [5, 5.41) is 16.8. The van der Waals surface area contributed by atoms with Gasteiger partial charge in [-0.25, -0.2) is 4.68 Å². The van der Waals surface area contributed by atoms with Crippen molar-refractivity contribution < 1.29 is 9.90 Å². The van der Waals surface area contributed by atoms with Crippen LogP contribution < -0.4 is 0 Å². The summed E-state index contributed by atoms with van der Waals surface area (Å²) in [5.41, 5.74) is 0.981. The Kier molecular flexibility index (Phi) is 3.14. The highest BCUT2D eigenvalue weighted by atomic mass is 16.4. The van der Waals surface area contributed by atoms with Crippen LogP contribution in [0.3, 0.4) is 0 Å². The maximum absolute atomic E-state index is 11.1. The highest BCUT2D eigenvalue weighted by Gasteiger charge is 2.28. The molecule has 0 saturated carbocycles. The first-order valence-corrected chi connectivity index (χ1v) is 5.67. The lowest BCUT2D eigenvalue weighted by Gasteiger charge is -2.19. The molecule has 1 aromatic heterocycles. The van der Waals surface area contributed by atoms with Gasteiger partial charge in [-0.15, -0.1) is 5.10 Å². The number of carboxylic acid groups (broad SMARTS) is 1. The molecular formula is C13H15N3O2. The van der Waals surface area contributed by atoms with Crippen molar-refractivity contribution in [2.24, 2.45) is 0 Å². The Labute approximate surface area is 105 Å². The van der Waals surface area contributed by atoms with Crippen molar-refractivity contribution >= 4 is 5.97 Å². The monoisotopic (exact) mass is 245 g/mol. The first-order chi connectivity index (χ1) is 8.50. The van der Waals surface area contributed by atoms with E-state index in [0.29, 0.717) is 6.54 Å². The molecule has 2 aromatic rings. The fraction of sp³-hybridized carbons (Fsp3) is 0.308. The molecular weight excluding hydrogens is 230 g/mol. The van der Waals surface area contributed by atoms with Crippen LogP contribution in [0, 0.1) is 0 Å². The third-order valence-electron chi connectivity index (χ3n) is 3.03. The maximum atomic E-state index is 11.1. The SMILES string of the molecule is CC(C)(C(=O)O)c1ccc(Cn2ccnn2)cc1. The minimum absolute atomic E-state index is 0.633. The van der Waals surface area contributed by atoms with E-state index in [4.69, 9.17) is 5.11 Å². The third-order valence-corrected chi connectivity index (χ3v) is 3.03. The lowest BCUT2D eigenvalue weighted by Crippen LogP contribution is -2.28. The smallest absolute Gasteiger partial charge is 0.313 e. The highest BCUT2D eigenvalue weighted by molar-refractivity contribution is 5.80. The van der Waals surface area contributed by atoms with Gasteiger partial charge in [-0.05, 0) is 25.0 Å². The minimum Gasteiger partial charge on any atom is -0.481 e. The van der Waals surface area contributed by atoms with Crippen molar-refractivity contribution in [1.29, 1.82) is 0 Å². The van der Waals surface area contributed by atoms with Gasteiger partial charge in [-0.3, -0.25) is 4.79 Å². The number of carbonyl (C=O) groups is 1. The van der Waals surface area contributed by atoms with Gasteiger partial charge in [0.1, 0.15) is 0 Å². The average molecular weight is 245 g/mol. The number of carboxylic acids is 1. The summed E-state index contributed by atoms with van der Waals surface area (Å²) in [6, 6.07) is 7.53. The summed E-state index contributed by atoms with van der Waals surface area (Å²) in [7, 11) is 0. The predicted octanol–water partition coefficient (Wildman–Crippen LogP) is 1.69. The van der Waals surface area contributed by atoms with E-state index in [-0.39, 0.29) is 0 Å². The maximum Gasteiger partial charge on any atom is 0.313 e. The normalized spacial score (nSPS) is 11.4. The number of aliphatic carboxylic acids is 1. The molecule has 0 aliphatic heterocycles. The molecule has 0 radical (unpaired) electrons. The van der Waals surface area contributed by atoms with Crippen LogP contribution in [0.4, 0.5) is 0 Å². The topological polar surface area (TPSA) is 68.0 Å². The minimum atomic E-state index is -0.869. The van der Waals surface area contributed by atoms with E-state index in [9.17, 15) is 4.79 Å². The van der Waals surface area contributed by atoms with Gasteiger partial charge < -0.3 is 5.11 Å². The van der Waals surface area contributed by atoms with Crippen molar-refractivity contribution in [3.8, 4) is 0 Å². The van der Waals surface area contributed by atoms with Crippen LogP contribution in [0.5, 0.6) is 0 Å². The molecule has 18 heavy (non-hydrogen) atoms. The molecule has 5 nitrogen and oxygen atoms in total. The molecule has 5 heteroatoms. The van der Waals surface area contributed by atoms with Gasteiger partial charge in [-0.1, -0.05) is 29.5 Å². The molecule has 0 aliphatic carbocycles. The van der Waals surface area contributed by atoms with Crippen LogP contribution in [0.25, 0.3) is 0 Å². The molecule has 0 unspecified atom stereocenters. The van der Waals surface area contributed by atoms with Crippen LogP contribution in [-0.4, -0.2) is 26.1 Å². The summed E-state index contributed by atoms with van der Waals surface area (Å²) in [4.78, 5) is 11.1. The lowest BCUT2D eigenvalue weighted by molar-refractivity contribution is -0.142. The Hall–Kier alpha value is -2.17. The Balaban J connectivity index is 2.18. The van der Waals surface area contributed by atoms with Gasteiger partial charge in [0.05, 0.1) is 18.2 Å². The average Bonchev–Trinajstić information content (AvgIpc) is 2.82. The molecule has 0 spiro atoms. The molecule has 1 aromatic carbocycles. The number of nitrogens with zero attached hydrogens (tertiary/aromatic N) is 3. The molecule has 0 saturated heterocycles. The standard InChI is InChI=1S/C13H15N3O2/c1-13(2,12(17)18)11-5-3-10(4-6-11)9-16-8-7-14-15-16/h3-8H,9H2,1-2H3,(H,17,18). The molecule has 94 valence electrons. The first kappa shape index (κ1) is 12.3. The van der Waals surface area contributed by atoms with Crippen molar-refractivity contribution in [1.82, 2.24) is 15.0 Å². The zero-order valence-electron chi connectivity index (χ0n) is 10.4. The van der Waals surface area contributed by atoms with Gasteiger partial charge in [-0.2, -0.15) is 0 Å². The second-order valence-electron chi connectivity index (χ2n) is 4.73. The van der Waals surface area contributed by atoms with Crippen LogP contribution in [0.15, 0.2) is 36.7 Å². The van der Waals surface area contributed by atoms with Crippen molar-refractivity contribution in [3.63, 3.8) is 0 Å². The van der Waals surface area contributed by atoms with Gasteiger partial charge in [0.25, 0.3) is 0 Å². The van der Waals surface area contributed by atoms with Crippen molar-refractivity contribution in [2.75, 3.05) is 0 Å². The Bertz CT molecular complexity index is 530. The van der Waals surface area contributed by atoms with E-state index < -0.39 is 11.4 Å². The molecule has 2 rings (SSSR count). The van der Waals surface area contributed by atoms with Gasteiger partial charge >= 0.3 is 5.97 Å². The summed E-state index contributed by atoms with van der Waals surface area (Å²) >= 11 is 0. The van der Waals surface area contributed by atoms with E-state index in [2.05, 4.69) is 10.3 Å². The summed E-state index contributed by atoms with van der Waals surface area (Å²) in [6.45, 7) is 4.03. The second kappa shape index (κ2) is 4.60. The van der Waals surface area contributed by atoms with Crippen LogP contribution in [0.1, 0.15) is 25.0 Å². The number of hydrogen-bond donors (Lipinski definition) is 1.